The van der Waals surface area contributed by atoms with Crippen molar-refractivity contribution < 1.29 is 23.1 Å². The van der Waals surface area contributed by atoms with Crippen LogP contribution in [-0.4, -0.2) is 42.0 Å². The van der Waals surface area contributed by atoms with Gasteiger partial charge >= 0.3 is 5.97 Å². The van der Waals surface area contributed by atoms with Crippen molar-refractivity contribution >= 4 is 21.9 Å². The van der Waals surface area contributed by atoms with E-state index in [0.717, 1.165) is 10.7 Å². The van der Waals surface area contributed by atoms with Gasteiger partial charge in [0.1, 0.15) is 0 Å². The van der Waals surface area contributed by atoms with Gasteiger partial charge in [0.05, 0.1) is 11.7 Å². The molecule has 0 aromatic carbocycles. The number of carboxylic acids is 1. The summed E-state index contributed by atoms with van der Waals surface area (Å²) in [5.74, 6) is -2.43. The normalized spacial score (nSPS) is 21.6. The zero-order chi connectivity index (χ0) is 13.1. The Balaban J connectivity index is 2.69. The first-order chi connectivity index (χ1) is 7.88. The number of aliphatic carboxylic acids is 1. The van der Waals surface area contributed by atoms with Crippen molar-refractivity contribution in [2.75, 3.05) is 12.3 Å². The van der Waals surface area contributed by atoms with E-state index in [1.54, 1.807) is 0 Å². The fourth-order valence-electron chi connectivity index (χ4n) is 1.75. The van der Waals surface area contributed by atoms with Gasteiger partial charge in [0.15, 0.2) is 0 Å². The zero-order valence-corrected chi connectivity index (χ0v) is 10.6. The van der Waals surface area contributed by atoms with E-state index in [4.69, 9.17) is 5.11 Å². The van der Waals surface area contributed by atoms with Gasteiger partial charge in [-0.2, -0.15) is 0 Å². The Labute approximate surface area is 101 Å². The molecular weight excluding hydrogens is 246 g/mol. The van der Waals surface area contributed by atoms with E-state index in [1.165, 1.54) is 0 Å². The molecule has 1 amide bonds. The van der Waals surface area contributed by atoms with E-state index < -0.39 is 27.8 Å². The minimum absolute atomic E-state index is 0.0121. The fraction of sp³-hybridized carbons (Fsp3) is 0.800. The van der Waals surface area contributed by atoms with Gasteiger partial charge in [0.2, 0.25) is 15.9 Å². The Hall–Kier alpha value is -1.11. The van der Waals surface area contributed by atoms with E-state index >= 15 is 0 Å². The lowest BCUT2D eigenvalue weighted by Gasteiger charge is -2.29. The molecule has 6 nitrogen and oxygen atoms in total. The van der Waals surface area contributed by atoms with Gasteiger partial charge in [0.25, 0.3) is 0 Å². The van der Waals surface area contributed by atoms with Gasteiger partial charge < -0.3 is 5.11 Å². The Morgan fingerprint density at radius 1 is 1.53 bits per heavy atom. The van der Waals surface area contributed by atoms with Crippen LogP contribution in [0.5, 0.6) is 0 Å². The van der Waals surface area contributed by atoms with Crippen molar-refractivity contribution in [3.8, 4) is 0 Å². The summed E-state index contributed by atoms with van der Waals surface area (Å²) in [6, 6.07) is 0. The van der Waals surface area contributed by atoms with Crippen LogP contribution < -0.4 is 0 Å². The third-order valence-corrected chi connectivity index (χ3v) is 4.68. The number of carbonyl (C=O) groups is 2. The number of hydrogen-bond donors (Lipinski definition) is 1. The summed E-state index contributed by atoms with van der Waals surface area (Å²) in [4.78, 5) is 22.3. The highest BCUT2D eigenvalue weighted by Gasteiger charge is 2.35. The smallest absolute Gasteiger partial charge is 0.307 e. The van der Waals surface area contributed by atoms with E-state index in [1.807, 2.05) is 6.92 Å². The Bertz CT molecular complexity index is 403. The topological polar surface area (TPSA) is 91.8 Å². The third kappa shape index (κ3) is 3.42. The molecule has 1 N–H and O–H groups in total. The number of sulfonamides is 1. The SMILES string of the molecule is CCCCS(=O)(=O)N1CCC(C(=O)O)CC1=O. The molecule has 0 saturated carbocycles. The lowest BCUT2D eigenvalue weighted by atomic mass is 9.98. The molecule has 1 aliphatic rings. The maximum Gasteiger partial charge on any atom is 0.307 e. The van der Waals surface area contributed by atoms with Crippen LogP contribution in [0, 0.1) is 5.92 Å². The van der Waals surface area contributed by atoms with E-state index in [9.17, 15) is 18.0 Å². The standard InChI is InChI=1S/C10H17NO5S/c1-2-3-6-17(15,16)11-5-4-8(10(13)14)7-9(11)12/h8H,2-7H2,1H3,(H,13,14). The number of hydrogen-bond acceptors (Lipinski definition) is 4. The number of nitrogens with zero attached hydrogens (tertiary/aromatic N) is 1. The van der Waals surface area contributed by atoms with Crippen molar-refractivity contribution in [1.29, 1.82) is 0 Å². The van der Waals surface area contributed by atoms with Gasteiger partial charge in [-0.3, -0.25) is 9.59 Å². The van der Waals surface area contributed by atoms with Crippen molar-refractivity contribution in [3.63, 3.8) is 0 Å². The van der Waals surface area contributed by atoms with Crippen LogP contribution in [0.4, 0.5) is 0 Å². The molecule has 0 aliphatic carbocycles. The van der Waals surface area contributed by atoms with Crippen LogP contribution in [0.3, 0.4) is 0 Å². The first kappa shape index (κ1) is 14.0. The molecule has 0 aromatic rings. The van der Waals surface area contributed by atoms with Crippen LogP contribution in [-0.2, 0) is 19.6 Å². The molecular formula is C10H17NO5S. The predicted molar refractivity (Wildman–Crippen MR) is 60.8 cm³/mol. The van der Waals surface area contributed by atoms with Gasteiger partial charge in [-0.1, -0.05) is 13.3 Å². The summed E-state index contributed by atoms with van der Waals surface area (Å²) >= 11 is 0. The second-order valence-electron chi connectivity index (χ2n) is 4.16. The van der Waals surface area contributed by atoms with Crippen molar-refractivity contribution in [1.82, 2.24) is 4.31 Å². The second kappa shape index (κ2) is 5.48. The largest absolute Gasteiger partial charge is 0.481 e. The molecule has 7 heteroatoms. The molecule has 0 aromatic heterocycles. The third-order valence-electron chi connectivity index (χ3n) is 2.82. The van der Waals surface area contributed by atoms with Crippen LogP contribution in [0.2, 0.25) is 0 Å². The number of amides is 1. The summed E-state index contributed by atoms with van der Waals surface area (Å²) in [5, 5.41) is 8.77. The average Bonchev–Trinajstić information content (AvgIpc) is 2.25. The quantitative estimate of drug-likeness (QED) is 0.777. The molecule has 0 radical (unpaired) electrons. The lowest BCUT2D eigenvalue weighted by molar-refractivity contribution is -0.147. The van der Waals surface area contributed by atoms with Crippen LogP contribution in [0.15, 0.2) is 0 Å². The molecule has 1 aliphatic heterocycles. The molecule has 98 valence electrons. The monoisotopic (exact) mass is 263 g/mol. The van der Waals surface area contributed by atoms with Gasteiger partial charge in [-0.05, 0) is 12.8 Å². The van der Waals surface area contributed by atoms with Crippen LogP contribution in [0.1, 0.15) is 32.6 Å². The molecule has 1 heterocycles. The van der Waals surface area contributed by atoms with Crippen LogP contribution >= 0.6 is 0 Å². The Morgan fingerprint density at radius 3 is 2.65 bits per heavy atom. The number of piperidine rings is 1. The summed E-state index contributed by atoms with van der Waals surface area (Å²) in [7, 11) is -3.55. The molecule has 17 heavy (non-hydrogen) atoms. The first-order valence-electron chi connectivity index (χ1n) is 5.64. The zero-order valence-electron chi connectivity index (χ0n) is 9.76. The van der Waals surface area contributed by atoms with E-state index in [-0.39, 0.29) is 25.1 Å². The minimum atomic E-state index is -3.55. The molecule has 0 bridgehead atoms. The number of unbranched alkanes of at least 4 members (excludes halogenated alkanes) is 1. The second-order valence-corrected chi connectivity index (χ2v) is 6.18. The number of carboxylic acid groups (broad SMARTS) is 1. The first-order valence-corrected chi connectivity index (χ1v) is 7.25. The molecule has 1 atom stereocenters. The highest BCUT2D eigenvalue weighted by molar-refractivity contribution is 7.89. The Kier molecular flexibility index (Phi) is 4.50. The highest BCUT2D eigenvalue weighted by atomic mass is 32.2. The summed E-state index contributed by atoms with van der Waals surface area (Å²) < 4.78 is 24.4. The number of carbonyl (C=O) groups excluding carboxylic acids is 1. The predicted octanol–water partition coefficient (Wildman–Crippen LogP) is 0.439. The van der Waals surface area contributed by atoms with Gasteiger partial charge in [-0.25, -0.2) is 12.7 Å². The van der Waals surface area contributed by atoms with Crippen molar-refractivity contribution in [2.24, 2.45) is 5.92 Å². The lowest BCUT2D eigenvalue weighted by Crippen LogP contribution is -2.45. The van der Waals surface area contributed by atoms with Crippen molar-refractivity contribution in [2.45, 2.75) is 32.6 Å². The minimum Gasteiger partial charge on any atom is -0.481 e. The van der Waals surface area contributed by atoms with Gasteiger partial charge in [0, 0.05) is 13.0 Å². The molecule has 1 fully saturated rings. The number of rotatable bonds is 5. The maximum absolute atomic E-state index is 11.8. The van der Waals surface area contributed by atoms with Crippen molar-refractivity contribution in [3.05, 3.63) is 0 Å². The van der Waals surface area contributed by atoms with E-state index in [2.05, 4.69) is 0 Å². The van der Waals surface area contributed by atoms with E-state index in [0.29, 0.717) is 6.42 Å². The highest BCUT2D eigenvalue weighted by Crippen LogP contribution is 2.21. The molecule has 0 spiro atoms. The fourth-order valence-corrected chi connectivity index (χ4v) is 3.40. The molecule has 1 unspecified atom stereocenters. The Morgan fingerprint density at radius 2 is 2.18 bits per heavy atom. The molecule has 1 saturated heterocycles. The van der Waals surface area contributed by atoms with Gasteiger partial charge in [-0.15, -0.1) is 0 Å². The molecule has 1 rings (SSSR count). The summed E-state index contributed by atoms with van der Waals surface area (Å²) in [6.07, 6.45) is 1.22. The summed E-state index contributed by atoms with van der Waals surface area (Å²) in [6.45, 7) is 1.86. The maximum atomic E-state index is 11.8. The summed E-state index contributed by atoms with van der Waals surface area (Å²) in [5.41, 5.74) is 0. The van der Waals surface area contributed by atoms with Crippen LogP contribution in [0.25, 0.3) is 0 Å². The average molecular weight is 263 g/mol.